The molecule has 1 fully saturated rings. The molecule has 0 spiro atoms. The Morgan fingerprint density at radius 1 is 1.29 bits per heavy atom. The molecular formula is C10H21NO2S. The van der Waals surface area contributed by atoms with Crippen molar-refractivity contribution in [2.75, 3.05) is 12.0 Å². The van der Waals surface area contributed by atoms with Gasteiger partial charge < -0.3 is 5.73 Å². The van der Waals surface area contributed by atoms with Gasteiger partial charge in [-0.05, 0) is 12.3 Å². The molecule has 4 heteroatoms. The Morgan fingerprint density at radius 3 is 2.36 bits per heavy atom. The molecule has 3 nitrogen and oxygen atoms in total. The number of sulfone groups is 1. The highest BCUT2D eigenvalue weighted by atomic mass is 32.2. The van der Waals surface area contributed by atoms with E-state index in [4.69, 9.17) is 5.73 Å². The van der Waals surface area contributed by atoms with Crippen molar-refractivity contribution in [2.45, 2.75) is 44.6 Å². The zero-order chi connectivity index (χ0) is 10.6. The maximum atomic E-state index is 11.0. The molecular weight excluding hydrogens is 198 g/mol. The second-order valence-corrected chi connectivity index (χ2v) is 6.78. The molecule has 1 aliphatic rings. The van der Waals surface area contributed by atoms with Crippen LogP contribution in [0.2, 0.25) is 0 Å². The lowest BCUT2D eigenvalue weighted by Crippen LogP contribution is -2.31. The molecule has 0 aromatic rings. The molecule has 2 N–H and O–H groups in total. The van der Waals surface area contributed by atoms with Gasteiger partial charge in [0, 0.05) is 12.3 Å². The fourth-order valence-electron chi connectivity index (χ4n) is 2.31. The predicted molar refractivity (Wildman–Crippen MR) is 58.9 cm³/mol. The van der Waals surface area contributed by atoms with E-state index in [1.54, 1.807) is 0 Å². The Balaban J connectivity index is 2.28. The van der Waals surface area contributed by atoms with Gasteiger partial charge in [0.1, 0.15) is 9.84 Å². The fraction of sp³-hybridized carbons (Fsp3) is 1.00. The summed E-state index contributed by atoms with van der Waals surface area (Å²) in [6.45, 7) is 0. The third-order valence-electron chi connectivity index (χ3n) is 2.88. The largest absolute Gasteiger partial charge is 0.327 e. The smallest absolute Gasteiger partial charge is 0.148 e. The van der Waals surface area contributed by atoms with Gasteiger partial charge >= 0.3 is 0 Å². The Hall–Kier alpha value is -0.0900. The monoisotopic (exact) mass is 219 g/mol. The molecule has 0 aliphatic heterocycles. The van der Waals surface area contributed by atoms with E-state index in [1.807, 2.05) is 0 Å². The Kier molecular flexibility index (Phi) is 4.38. The van der Waals surface area contributed by atoms with Gasteiger partial charge in [-0.3, -0.25) is 0 Å². The van der Waals surface area contributed by atoms with E-state index in [9.17, 15) is 8.42 Å². The molecule has 14 heavy (non-hydrogen) atoms. The second kappa shape index (κ2) is 5.12. The Labute approximate surface area is 87.0 Å². The molecule has 0 radical (unpaired) electrons. The van der Waals surface area contributed by atoms with Crippen molar-refractivity contribution in [3.63, 3.8) is 0 Å². The van der Waals surface area contributed by atoms with Gasteiger partial charge in [0.05, 0.1) is 5.75 Å². The molecule has 0 bridgehead atoms. The minimum atomic E-state index is -2.90. The lowest BCUT2D eigenvalue weighted by atomic mass is 9.85. The summed E-state index contributed by atoms with van der Waals surface area (Å²) in [6, 6.07) is -0.159. The molecule has 1 unspecified atom stereocenters. The van der Waals surface area contributed by atoms with E-state index >= 15 is 0 Å². The van der Waals surface area contributed by atoms with Crippen LogP contribution in [0.15, 0.2) is 0 Å². The minimum Gasteiger partial charge on any atom is -0.327 e. The first-order chi connectivity index (χ1) is 6.47. The number of nitrogens with two attached hydrogens (primary N) is 1. The van der Waals surface area contributed by atoms with Crippen molar-refractivity contribution in [1.29, 1.82) is 0 Å². The number of rotatable bonds is 4. The van der Waals surface area contributed by atoms with Crippen LogP contribution in [0.3, 0.4) is 0 Å². The van der Waals surface area contributed by atoms with Crippen LogP contribution in [0.1, 0.15) is 38.5 Å². The average Bonchev–Trinajstić information content (AvgIpc) is 2.02. The normalized spacial score (nSPS) is 22.1. The molecule has 1 atom stereocenters. The number of hydrogen-bond donors (Lipinski definition) is 1. The molecule has 0 saturated heterocycles. The molecule has 0 aromatic carbocycles. The SMILES string of the molecule is CS(=O)(=O)CC(N)CC1CCCCC1. The Morgan fingerprint density at radius 2 is 1.86 bits per heavy atom. The maximum absolute atomic E-state index is 11.0. The zero-order valence-electron chi connectivity index (χ0n) is 8.91. The van der Waals surface area contributed by atoms with Gasteiger partial charge in [-0.1, -0.05) is 32.1 Å². The highest BCUT2D eigenvalue weighted by molar-refractivity contribution is 7.90. The lowest BCUT2D eigenvalue weighted by molar-refractivity contribution is 0.323. The van der Waals surface area contributed by atoms with Gasteiger partial charge in [0.15, 0.2) is 0 Å². The average molecular weight is 219 g/mol. The molecule has 1 aliphatic carbocycles. The first kappa shape index (κ1) is 12.0. The van der Waals surface area contributed by atoms with Gasteiger partial charge in [0.25, 0.3) is 0 Å². The molecule has 1 saturated carbocycles. The molecule has 0 aromatic heterocycles. The summed E-state index contributed by atoms with van der Waals surface area (Å²) in [6.07, 6.45) is 8.51. The van der Waals surface area contributed by atoms with Crippen LogP contribution in [-0.2, 0) is 9.84 Å². The van der Waals surface area contributed by atoms with Gasteiger partial charge in [-0.2, -0.15) is 0 Å². The minimum absolute atomic E-state index is 0.142. The van der Waals surface area contributed by atoms with Crippen LogP contribution in [0.5, 0.6) is 0 Å². The predicted octanol–water partition coefficient (Wildman–Crippen LogP) is 1.33. The van der Waals surface area contributed by atoms with E-state index in [2.05, 4.69) is 0 Å². The highest BCUT2D eigenvalue weighted by Crippen LogP contribution is 2.27. The molecule has 0 heterocycles. The van der Waals surface area contributed by atoms with Crippen molar-refractivity contribution >= 4 is 9.84 Å². The maximum Gasteiger partial charge on any atom is 0.148 e. The Bertz CT molecular complexity index is 255. The summed E-state index contributed by atoms with van der Waals surface area (Å²) in [5.74, 6) is 0.809. The zero-order valence-corrected chi connectivity index (χ0v) is 9.72. The van der Waals surface area contributed by atoms with Crippen molar-refractivity contribution in [3.8, 4) is 0 Å². The van der Waals surface area contributed by atoms with Crippen molar-refractivity contribution in [3.05, 3.63) is 0 Å². The van der Waals surface area contributed by atoms with Crippen molar-refractivity contribution < 1.29 is 8.42 Å². The highest BCUT2D eigenvalue weighted by Gasteiger charge is 2.19. The van der Waals surface area contributed by atoms with E-state index in [0.717, 1.165) is 6.42 Å². The quantitative estimate of drug-likeness (QED) is 0.776. The summed E-state index contributed by atoms with van der Waals surface area (Å²) in [5, 5.41) is 0. The first-order valence-corrected chi connectivity index (χ1v) is 7.47. The third kappa shape index (κ3) is 4.96. The fourth-order valence-corrected chi connectivity index (χ4v) is 3.22. The summed E-state index contributed by atoms with van der Waals surface area (Å²) >= 11 is 0. The molecule has 0 amide bonds. The van der Waals surface area contributed by atoms with Crippen LogP contribution in [0, 0.1) is 5.92 Å². The van der Waals surface area contributed by atoms with E-state index < -0.39 is 9.84 Å². The van der Waals surface area contributed by atoms with Crippen LogP contribution >= 0.6 is 0 Å². The van der Waals surface area contributed by atoms with Crippen LogP contribution < -0.4 is 5.73 Å². The van der Waals surface area contributed by atoms with Crippen LogP contribution in [0.4, 0.5) is 0 Å². The van der Waals surface area contributed by atoms with Crippen LogP contribution in [-0.4, -0.2) is 26.5 Å². The summed E-state index contributed by atoms with van der Waals surface area (Å²) < 4.78 is 22.0. The topological polar surface area (TPSA) is 60.2 Å². The third-order valence-corrected chi connectivity index (χ3v) is 3.91. The van der Waals surface area contributed by atoms with Gasteiger partial charge in [-0.15, -0.1) is 0 Å². The summed E-state index contributed by atoms with van der Waals surface area (Å²) in [4.78, 5) is 0. The van der Waals surface area contributed by atoms with E-state index in [0.29, 0.717) is 5.92 Å². The standard InChI is InChI=1S/C10H21NO2S/c1-14(12,13)8-10(11)7-9-5-3-2-4-6-9/h9-10H,2-8,11H2,1H3. The van der Waals surface area contributed by atoms with Crippen LogP contribution in [0.25, 0.3) is 0 Å². The van der Waals surface area contributed by atoms with Gasteiger partial charge in [0.2, 0.25) is 0 Å². The first-order valence-electron chi connectivity index (χ1n) is 5.40. The van der Waals surface area contributed by atoms with E-state index in [-0.39, 0.29) is 11.8 Å². The van der Waals surface area contributed by atoms with Crippen molar-refractivity contribution in [1.82, 2.24) is 0 Å². The number of hydrogen-bond acceptors (Lipinski definition) is 3. The summed E-state index contributed by atoms with van der Waals surface area (Å²) in [5.41, 5.74) is 5.81. The molecule has 1 rings (SSSR count). The van der Waals surface area contributed by atoms with Crippen molar-refractivity contribution in [2.24, 2.45) is 11.7 Å². The van der Waals surface area contributed by atoms with E-state index in [1.165, 1.54) is 38.4 Å². The lowest BCUT2D eigenvalue weighted by Gasteiger charge is -2.24. The second-order valence-electron chi connectivity index (χ2n) is 4.59. The molecule has 84 valence electrons. The van der Waals surface area contributed by atoms with Gasteiger partial charge in [-0.25, -0.2) is 8.42 Å². The summed E-state index contributed by atoms with van der Waals surface area (Å²) in [7, 11) is -2.90.